The zero-order valence-corrected chi connectivity index (χ0v) is 12.9. The number of hydrogen-bond acceptors (Lipinski definition) is 4. The van der Waals surface area contributed by atoms with Crippen LogP contribution in [0, 0.1) is 11.3 Å². The zero-order valence-electron chi connectivity index (χ0n) is 12.9. The monoisotopic (exact) mass is 300 g/mol. The molecular weight excluding hydrogens is 280 g/mol. The zero-order chi connectivity index (χ0) is 15.7. The molecule has 2 aliphatic rings. The maximum absolute atomic E-state index is 12.6. The van der Waals surface area contributed by atoms with Crippen LogP contribution in [0.4, 0.5) is 0 Å². The molecule has 0 fully saturated rings. The summed E-state index contributed by atoms with van der Waals surface area (Å²) in [6, 6.07) is 8.00. The molecule has 0 saturated heterocycles. The minimum absolute atomic E-state index is 0.0527. The van der Waals surface area contributed by atoms with Gasteiger partial charge < -0.3 is 9.47 Å². The Hall–Kier alpha value is -2.10. The molecule has 1 aromatic carbocycles. The van der Waals surface area contributed by atoms with Gasteiger partial charge in [0.25, 0.3) is 0 Å². The molecule has 0 heterocycles. The van der Waals surface area contributed by atoms with Crippen molar-refractivity contribution in [2.75, 3.05) is 14.2 Å². The van der Waals surface area contributed by atoms with Gasteiger partial charge in [0, 0.05) is 5.92 Å². The SMILES string of the molecule is COC(=O)C1(C(=O)OC)Cc2ccccc2[C@@H]2C=CCC[C@@H]21. The number of methoxy groups -OCH3 is 2. The summed E-state index contributed by atoms with van der Waals surface area (Å²) in [5.74, 6) is -1.04. The first-order chi connectivity index (χ1) is 10.6. The van der Waals surface area contributed by atoms with Crippen molar-refractivity contribution in [1.29, 1.82) is 0 Å². The Morgan fingerprint density at radius 1 is 1.14 bits per heavy atom. The Morgan fingerprint density at radius 3 is 2.50 bits per heavy atom. The lowest BCUT2D eigenvalue weighted by Gasteiger charge is -2.45. The fraction of sp³-hybridized carbons (Fsp3) is 0.444. The number of fused-ring (bicyclic) bond motifs is 3. The van der Waals surface area contributed by atoms with Crippen LogP contribution in [0.3, 0.4) is 0 Å². The highest BCUT2D eigenvalue weighted by atomic mass is 16.5. The normalized spacial score (nSPS) is 24.8. The molecule has 3 rings (SSSR count). The number of ether oxygens (including phenoxy) is 2. The van der Waals surface area contributed by atoms with Gasteiger partial charge in [-0.15, -0.1) is 0 Å². The van der Waals surface area contributed by atoms with Crippen LogP contribution >= 0.6 is 0 Å². The van der Waals surface area contributed by atoms with E-state index in [0.717, 1.165) is 18.4 Å². The molecule has 116 valence electrons. The van der Waals surface area contributed by atoms with E-state index in [-0.39, 0.29) is 11.8 Å². The highest BCUT2D eigenvalue weighted by molar-refractivity contribution is 6.01. The molecule has 4 heteroatoms. The maximum Gasteiger partial charge on any atom is 0.323 e. The molecule has 0 bridgehead atoms. The third kappa shape index (κ3) is 1.97. The first-order valence-corrected chi connectivity index (χ1v) is 7.56. The van der Waals surface area contributed by atoms with Crippen LogP contribution in [0.1, 0.15) is 29.9 Å². The lowest BCUT2D eigenvalue weighted by atomic mass is 9.57. The molecule has 0 aromatic heterocycles. The smallest absolute Gasteiger partial charge is 0.323 e. The van der Waals surface area contributed by atoms with E-state index in [1.165, 1.54) is 19.8 Å². The summed E-state index contributed by atoms with van der Waals surface area (Å²) in [6.07, 6.45) is 6.23. The van der Waals surface area contributed by atoms with Crippen molar-refractivity contribution in [3.8, 4) is 0 Å². The third-order valence-electron chi connectivity index (χ3n) is 5.04. The maximum atomic E-state index is 12.6. The van der Waals surface area contributed by atoms with Gasteiger partial charge in [0.1, 0.15) is 0 Å². The predicted octanol–water partition coefficient (Wildman–Crippen LogP) is 2.62. The topological polar surface area (TPSA) is 52.6 Å². The summed E-state index contributed by atoms with van der Waals surface area (Å²) in [7, 11) is 2.67. The van der Waals surface area contributed by atoms with Crippen molar-refractivity contribution in [3.63, 3.8) is 0 Å². The van der Waals surface area contributed by atoms with E-state index in [4.69, 9.17) is 9.47 Å². The van der Waals surface area contributed by atoms with Crippen molar-refractivity contribution in [2.45, 2.75) is 25.2 Å². The summed E-state index contributed by atoms with van der Waals surface area (Å²) in [5, 5.41) is 0. The molecule has 0 saturated carbocycles. The number of carbonyl (C=O) groups excluding carboxylic acids is 2. The first-order valence-electron chi connectivity index (χ1n) is 7.56. The number of allylic oxidation sites excluding steroid dienone is 2. The van der Waals surface area contributed by atoms with Gasteiger partial charge >= 0.3 is 11.9 Å². The Labute approximate surface area is 130 Å². The Kier molecular flexibility index (Phi) is 3.77. The number of benzene rings is 1. The second-order valence-electron chi connectivity index (χ2n) is 5.97. The second-order valence-corrected chi connectivity index (χ2v) is 5.97. The number of carbonyl (C=O) groups is 2. The fourth-order valence-electron chi connectivity index (χ4n) is 4.05. The average Bonchev–Trinajstić information content (AvgIpc) is 2.59. The van der Waals surface area contributed by atoms with Crippen molar-refractivity contribution >= 4 is 11.9 Å². The van der Waals surface area contributed by atoms with Crippen molar-refractivity contribution in [1.82, 2.24) is 0 Å². The molecule has 0 aliphatic heterocycles. The molecule has 22 heavy (non-hydrogen) atoms. The van der Waals surface area contributed by atoms with Gasteiger partial charge in [-0.2, -0.15) is 0 Å². The van der Waals surface area contributed by atoms with Crippen LogP contribution < -0.4 is 0 Å². The van der Waals surface area contributed by atoms with E-state index in [1.807, 2.05) is 18.2 Å². The van der Waals surface area contributed by atoms with Crippen molar-refractivity contribution < 1.29 is 19.1 Å². The number of esters is 2. The lowest BCUT2D eigenvalue weighted by Crippen LogP contribution is -2.53. The number of rotatable bonds is 2. The Balaban J connectivity index is 2.21. The molecule has 0 spiro atoms. The van der Waals surface area contributed by atoms with Gasteiger partial charge in [0.2, 0.25) is 0 Å². The average molecular weight is 300 g/mol. The van der Waals surface area contributed by atoms with Crippen LogP contribution in [0.5, 0.6) is 0 Å². The van der Waals surface area contributed by atoms with E-state index < -0.39 is 17.4 Å². The summed E-state index contributed by atoms with van der Waals surface area (Å²) in [4.78, 5) is 25.2. The molecule has 0 unspecified atom stereocenters. The molecule has 2 aliphatic carbocycles. The minimum Gasteiger partial charge on any atom is -0.468 e. The van der Waals surface area contributed by atoms with Crippen LogP contribution in [-0.2, 0) is 25.5 Å². The summed E-state index contributed by atoms with van der Waals surface area (Å²) < 4.78 is 10.0. The van der Waals surface area contributed by atoms with Crippen LogP contribution in [-0.4, -0.2) is 26.2 Å². The van der Waals surface area contributed by atoms with Gasteiger partial charge in [-0.1, -0.05) is 36.4 Å². The van der Waals surface area contributed by atoms with Gasteiger partial charge in [-0.3, -0.25) is 9.59 Å². The highest BCUT2D eigenvalue weighted by Crippen LogP contribution is 2.52. The molecule has 0 N–H and O–H groups in total. The molecule has 0 amide bonds. The third-order valence-corrected chi connectivity index (χ3v) is 5.04. The van der Waals surface area contributed by atoms with Crippen molar-refractivity contribution in [2.24, 2.45) is 11.3 Å². The van der Waals surface area contributed by atoms with Gasteiger partial charge in [-0.25, -0.2) is 0 Å². The predicted molar refractivity (Wildman–Crippen MR) is 81.2 cm³/mol. The molecule has 4 nitrogen and oxygen atoms in total. The largest absolute Gasteiger partial charge is 0.468 e. The summed E-state index contributed by atoms with van der Waals surface area (Å²) >= 11 is 0. The van der Waals surface area contributed by atoms with E-state index in [1.54, 1.807) is 0 Å². The fourth-order valence-corrected chi connectivity index (χ4v) is 4.05. The highest BCUT2D eigenvalue weighted by Gasteiger charge is 2.59. The second kappa shape index (κ2) is 5.59. The van der Waals surface area contributed by atoms with E-state index in [0.29, 0.717) is 6.42 Å². The Bertz CT molecular complexity index is 616. The lowest BCUT2D eigenvalue weighted by molar-refractivity contribution is -0.175. The molecular formula is C18H20O4. The molecule has 1 aromatic rings. The van der Waals surface area contributed by atoms with E-state index in [9.17, 15) is 9.59 Å². The molecule has 2 atom stereocenters. The summed E-state index contributed by atoms with van der Waals surface area (Å²) in [5.41, 5.74) is 0.978. The van der Waals surface area contributed by atoms with E-state index in [2.05, 4.69) is 18.2 Å². The van der Waals surface area contributed by atoms with Crippen LogP contribution in [0.25, 0.3) is 0 Å². The quantitative estimate of drug-likeness (QED) is 0.478. The molecule has 0 radical (unpaired) electrons. The Morgan fingerprint density at radius 2 is 1.82 bits per heavy atom. The van der Waals surface area contributed by atoms with Gasteiger partial charge in [0.05, 0.1) is 14.2 Å². The standard InChI is InChI=1S/C18H20O4/c1-21-16(19)18(17(20)22-2)11-12-7-3-4-8-13(12)14-9-5-6-10-15(14)18/h3-5,7-9,14-15H,6,10-11H2,1-2H3/t14-,15-/m0/s1. The number of hydrogen-bond donors (Lipinski definition) is 0. The van der Waals surface area contributed by atoms with Gasteiger partial charge in [0.15, 0.2) is 5.41 Å². The van der Waals surface area contributed by atoms with Crippen LogP contribution in [0.2, 0.25) is 0 Å². The van der Waals surface area contributed by atoms with E-state index >= 15 is 0 Å². The van der Waals surface area contributed by atoms with Gasteiger partial charge in [-0.05, 0) is 36.3 Å². The first kappa shape index (κ1) is 14.8. The minimum atomic E-state index is -1.24. The summed E-state index contributed by atoms with van der Waals surface area (Å²) in [6.45, 7) is 0. The van der Waals surface area contributed by atoms with Crippen LogP contribution in [0.15, 0.2) is 36.4 Å². The van der Waals surface area contributed by atoms with Crippen molar-refractivity contribution in [3.05, 3.63) is 47.5 Å².